The van der Waals surface area contributed by atoms with Crippen molar-refractivity contribution < 1.29 is 13.5 Å². The smallest absolute Gasteiger partial charge is 0.156 e. The summed E-state index contributed by atoms with van der Waals surface area (Å²) in [4.78, 5) is 0. The molecule has 2 unspecified atom stereocenters. The van der Waals surface area contributed by atoms with Crippen LogP contribution in [0.25, 0.3) is 0 Å². The van der Waals surface area contributed by atoms with E-state index in [2.05, 4.69) is 4.37 Å². The van der Waals surface area contributed by atoms with E-state index in [1.165, 1.54) is 17.7 Å². The molecule has 6 heteroatoms. The Morgan fingerprint density at radius 1 is 1.64 bits per heavy atom. The van der Waals surface area contributed by atoms with Gasteiger partial charge in [-0.1, -0.05) is 0 Å². The van der Waals surface area contributed by atoms with Crippen molar-refractivity contribution in [2.75, 3.05) is 5.75 Å². The van der Waals surface area contributed by atoms with Gasteiger partial charge in [0.05, 0.1) is 17.1 Å². The average Bonchev–Trinajstić information content (AvgIpc) is 2.71. The summed E-state index contributed by atoms with van der Waals surface area (Å²) in [6.45, 7) is 0. The van der Waals surface area contributed by atoms with E-state index in [1.807, 2.05) is 0 Å². The van der Waals surface area contributed by atoms with Gasteiger partial charge in [0.25, 0.3) is 0 Å². The van der Waals surface area contributed by atoms with Crippen molar-refractivity contribution in [3.8, 4) is 0 Å². The zero-order valence-electron chi connectivity index (χ0n) is 7.46. The van der Waals surface area contributed by atoms with Gasteiger partial charge in [-0.2, -0.15) is 0 Å². The molecule has 4 nitrogen and oxygen atoms in total. The molecule has 2 heterocycles. The maximum atomic E-state index is 11.5. The van der Waals surface area contributed by atoms with Crippen LogP contribution in [-0.2, 0) is 9.84 Å². The first kappa shape index (κ1) is 10.1. The second-order valence-corrected chi connectivity index (χ2v) is 6.45. The molecule has 1 aliphatic heterocycles. The van der Waals surface area contributed by atoms with Gasteiger partial charge < -0.3 is 5.11 Å². The van der Waals surface area contributed by atoms with E-state index in [-0.39, 0.29) is 5.75 Å². The fourth-order valence-electron chi connectivity index (χ4n) is 1.74. The summed E-state index contributed by atoms with van der Waals surface area (Å²) in [6, 6.07) is 0. The van der Waals surface area contributed by atoms with Crippen molar-refractivity contribution in [3.05, 3.63) is 17.1 Å². The molecule has 78 valence electrons. The summed E-state index contributed by atoms with van der Waals surface area (Å²) in [6.07, 6.45) is 1.84. The van der Waals surface area contributed by atoms with Gasteiger partial charge in [-0.25, -0.2) is 12.8 Å². The van der Waals surface area contributed by atoms with Gasteiger partial charge in [0, 0.05) is 17.1 Å². The monoisotopic (exact) mass is 233 g/mol. The van der Waals surface area contributed by atoms with E-state index >= 15 is 0 Å². The van der Waals surface area contributed by atoms with Gasteiger partial charge in [0.15, 0.2) is 9.84 Å². The van der Waals surface area contributed by atoms with Gasteiger partial charge >= 0.3 is 0 Å². The Bertz CT molecular complexity index is 398. The molecule has 0 aliphatic carbocycles. The maximum absolute atomic E-state index is 11.5. The zero-order valence-corrected chi connectivity index (χ0v) is 9.09. The number of aliphatic hydroxyl groups excluding tert-OH is 1. The van der Waals surface area contributed by atoms with Crippen molar-refractivity contribution in [3.63, 3.8) is 0 Å². The molecule has 0 aromatic carbocycles. The van der Waals surface area contributed by atoms with Crippen molar-refractivity contribution in [2.45, 2.75) is 24.2 Å². The maximum Gasteiger partial charge on any atom is 0.156 e. The lowest BCUT2D eigenvalue weighted by atomic mass is 10.1. The van der Waals surface area contributed by atoms with E-state index in [1.54, 1.807) is 5.38 Å². The standard InChI is InChI=1S/C8H11NO3S2/c10-8(6-4-9-13-5-6)7-2-1-3-14(7,11)12/h4-5,7-8,10H,1-3H2. The molecule has 1 aliphatic rings. The summed E-state index contributed by atoms with van der Waals surface area (Å²) in [5.41, 5.74) is 0.616. The molecular formula is C8H11NO3S2. The van der Waals surface area contributed by atoms with Crippen molar-refractivity contribution in [2.24, 2.45) is 0 Å². The van der Waals surface area contributed by atoms with Crippen LogP contribution in [0.3, 0.4) is 0 Å². The van der Waals surface area contributed by atoms with E-state index < -0.39 is 21.2 Å². The fourth-order valence-corrected chi connectivity index (χ4v) is 4.26. The van der Waals surface area contributed by atoms with Gasteiger partial charge in [-0.05, 0) is 24.4 Å². The molecule has 1 fully saturated rings. The molecule has 1 aromatic heterocycles. The summed E-state index contributed by atoms with van der Waals surface area (Å²) in [7, 11) is -3.09. The number of hydrogen-bond acceptors (Lipinski definition) is 5. The summed E-state index contributed by atoms with van der Waals surface area (Å²) < 4.78 is 26.9. The number of sulfone groups is 1. The highest BCUT2D eigenvalue weighted by atomic mass is 32.2. The van der Waals surface area contributed by atoms with Gasteiger partial charge in [0.1, 0.15) is 0 Å². The van der Waals surface area contributed by atoms with Crippen LogP contribution >= 0.6 is 11.5 Å². The third kappa shape index (κ3) is 1.69. The topological polar surface area (TPSA) is 67.3 Å². The lowest BCUT2D eigenvalue weighted by Gasteiger charge is -2.15. The minimum absolute atomic E-state index is 0.201. The van der Waals surface area contributed by atoms with Crippen LogP contribution in [0.5, 0.6) is 0 Å². The molecule has 0 spiro atoms. The Balaban J connectivity index is 2.24. The molecule has 2 rings (SSSR count). The minimum Gasteiger partial charge on any atom is -0.387 e. The first-order valence-electron chi connectivity index (χ1n) is 4.40. The Kier molecular flexibility index (Phi) is 2.59. The third-order valence-corrected chi connectivity index (χ3v) is 5.40. The quantitative estimate of drug-likeness (QED) is 0.818. The molecule has 0 saturated carbocycles. The van der Waals surface area contributed by atoms with Crippen LogP contribution in [0.2, 0.25) is 0 Å². The molecule has 0 bridgehead atoms. The molecule has 1 aromatic rings. The van der Waals surface area contributed by atoms with E-state index in [0.717, 1.165) is 0 Å². The Morgan fingerprint density at radius 2 is 2.43 bits per heavy atom. The molecule has 0 amide bonds. The number of hydrogen-bond donors (Lipinski definition) is 1. The van der Waals surface area contributed by atoms with E-state index in [4.69, 9.17) is 0 Å². The fraction of sp³-hybridized carbons (Fsp3) is 0.625. The van der Waals surface area contributed by atoms with E-state index in [0.29, 0.717) is 18.4 Å². The SMILES string of the molecule is O=S1(=O)CCCC1C(O)c1cnsc1. The molecule has 14 heavy (non-hydrogen) atoms. The predicted octanol–water partition coefficient (Wildman–Crippen LogP) is 0.754. The first-order chi connectivity index (χ1) is 6.61. The second kappa shape index (κ2) is 3.60. The van der Waals surface area contributed by atoms with Crippen LogP contribution in [0.15, 0.2) is 11.6 Å². The van der Waals surface area contributed by atoms with Crippen LogP contribution < -0.4 is 0 Å². The largest absolute Gasteiger partial charge is 0.387 e. The predicted molar refractivity (Wildman–Crippen MR) is 53.9 cm³/mol. The zero-order chi connectivity index (χ0) is 10.2. The molecule has 1 N–H and O–H groups in total. The Labute approximate surface area is 86.7 Å². The molecule has 2 atom stereocenters. The number of aromatic nitrogens is 1. The van der Waals surface area contributed by atoms with Gasteiger partial charge in [0.2, 0.25) is 0 Å². The van der Waals surface area contributed by atoms with Crippen LogP contribution in [0.1, 0.15) is 24.5 Å². The van der Waals surface area contributed by atoms with E-state index in [9.17, 15) is 13.5 Å². The van der Waals surface area contributed by atoms with Crippen molar-refractivity contribution in [1.82, 2.24) is 4.37 Å². The minimum atomic E-state index is -3.09. The number of nitrogens with zero attached hydrogens (tertiary/aromatic N) is 1. The first-order valence-corrected chi connectivity index (χ1v) is 6.95. The van der Waals surface area contributed by atoms with Crippen LogP contribution in [0.4, 0.5) is 0 Å². The summed E-state index contributed by atoms with van der Waals surface area (Å²) in [5.74, 6) is 0.201. The highest BCUT2D eigenvalue weighted by molar-refractivity contribution is 7.92. The van der Waals surface area contributed by atoms with Crippen molar-refractivity contribution in [1.29, 1.82) is 0 Å². The normalized spacial score (nSPS) is 27.6. The highest BCUT2D eigenvalue weighted by Gasteiger charge is 2.37. The highest BCUT2D eigenvalue weighted by Crippen LogP contribution is 2.31. The van der Waals surface area contributed by atoms with Crippen LogP contribution in [-0.4, -0.2) is 28.9 Å². The lowest BCUT2D eigenvalue weighted by Crippen LogP contribution is -2.23. The Morgan fingerprint density at radius 3 is 2.93 bits per heavy atom. The number of rotatable bonds is 2. The lowest BCUT2D eigenvalue weighted by molar-refractivity contribution is 0.170. The van der Waals surface area contributed by atoms with Gasteiger partial charge in [-0.3, -0.25) is 0 Å². The summed E-state index contributed by atoms with van der Waals surface area (Å²) >= 11 is 1.22. The van der Waals surface area contributed by atoms with Gasteiger partial charge in [-0.15, -0.1) is 0 Å². The second-order valence-electron chi connectivity index (χ2n) is 3.45. The molecule has 0 radical (unpaired) electrons. The molecular weight excluding hydrogens is 222 g/mol. The average molecular weight is 233 g/mol. The summed E-state index contributed by atoms with van der Waals surface area (Å²) in [5, 5.41) is 10.9. The Hall–Kier alpha value is -0.460. The third-order valence-electron chi connectivity index (χ3n) is 2.52. The number of aliphatic hydroxyl groups is 1. The van der Waals surface area contributed by atoms with Crippen molar-refractivity contribution >= 4 is 21.4 Å². The van der Waals surface area contributed by atoms with Crippen LogP contribution in [0, 0.1) is 0 Å². The molecule has 1 saturated heterocycles.